The predicted octanol–water partition coefficient (Wildman–Crippen LogP) is 2.13. The highest BCUT2D eigenvalue weighted by Crippen LogP contribution is 2.22. The van der Waals surface area contributed by atoms with Crippen LogP contribution < -0.4 is 16.3 Å². The summed E-state index contributed by atoms with van der Waals surface area (Å²) in [5.74, 6) is -1.70. The molecule has 1 aromatic heterocycles. The quantitative estimate of drug-likeness (QED) is 0.468. The van der Waals surface area contributed by atoms with E-state index in [1.807, 2.05) is 0 Å². The third kappa shape index (κ3) is 5.41. The summed E-state index contributed by atoms with van der Waals surface area (Å²) in [6, 6.07) is 5.48. The Bertz CT molecular complexity index is 940. The van der Waals surface area contributed by atoms with Crippen LogP contribution in [-0.2, 0) is 14.3 Å². The molecule has 0 spiro atoms. The smallest absolute Gasteiger partial charge is 0.349 e. The minimum Gasteiger partial charge on any atom is -0.464 e. The molecule has 0 saturated carbocycles. The minimum absolute atomic E-state index is 0.0247. The second kappa shape index (κ2) is 10.0. The summed E-state index contributed by atoms with van der Waals surface area (Å²) >= 11 is 3.28. The van der Waals surface area contributed by atoms with Crippen molar-refractivity contribution in [1.82, 2.24) is 10.6 Å². The Kier molecular flexibility index (Phi) is 7.74. The summed E-state index contributed by atoms with van der Waals surface area (Å²) in [6.07, 6.45) is 0.0672. The fourth-order valence-electron chi connectivity index (χ4n) is 2.56. The molecule has 0 fully saturated rings. The van der Waals surface area contributed by atoms with Crippen molar-refractivity contribution in [2.75, 3.05) is 13.2 Å². The second-order valence-electron chi connectivity index (χ2n) is 5.88. The number of fused-ring (bicyclic) bond motifs is 1. The van der Waals surface area contributed by atoms with Gasteiger partial charge in [-0.05, 0) is 48.3 Å². The number of halogens is 1. The molecule has 2 aromatic rings. The summed E-state index contributed by atoms with van der Waals surface area (Å²) in [5.41, 5.74) is -0.747. The summed E-state index contributed by atoms with van der Waals surface area (Å²) in [6.45, 7) is 4.00. The summed E-state index contributed by atoms with van der Waals surface area (Å²) in [5, 5.41) is 5.64. The van der Waals surface area contributed by atoms with Gasteiger partial charge in [0.15, 0.2) is 5.58 Å². The van der Waals surface area contributed by atoms with Crippen molar-refractivity contribution >= 4 is 44.7 Å². The van der Waals surface area contributed by atoms with Crippen molar-refractivity contribution < 1.29 is 23.5 Å². The molecule has 0 saturated heterocycles. The summed E-state index contributed by atoms with van der Waals surface area (Å²) < 4.78 is 10.8. The van der Waals surface area contributed by atoms with Crippen molar-refractivity contribution in [1.29, 1.82) is 0 Å². The number of ether oxygens (including phenoxy) is 1. The number of esters is 1. The lowest BCUT2D eigenvalue weighted by atomic mass is 10.1. The van der Waals surface area contributed by atoms with E-state index in [4.69, 9.17) is 9.15 Å². The maximum atomic E-state index is 12.6. The number of benzene rings is 1. The molecule has 0 aliphatic rings. The number of para-hydroxylation sites is 1. The Morgan fingerprint density at radius 2 is 2.00 bits per heavy atom. The zero-order valence-electron chi connectivity index (χ0n) is 15.5. The van der Waals surface area contributed by atoms with Gasteiger partial charge in [-0.1, -0.05) is 12.1 Å². The molecule has 1 aromatic carbocycles. The van der Waals surface area contributed by atoms with E-state index in [-0.39, 0.29) is 30.9 Å². The molecule has 2 N–H and O–H groups in total. The molecule has 1 heterocycles. The van der Waals surface area contributed by atoms with E-state index in [2.05, 4.69) is 26.6 Å². The predicted molar refractivity (Wildman–Crippen MR) is 106 cm³/mol. The van der Waals surface area contributed by atoms with Gasteiger partial charge in [0, 0.05) is 18.4 Å². The van der Waals surface area contributed by atoms with Crippen molar-refractivity contribution in [3.8, 4) is 0 Å². The Morgan fingerprint density at radius 3 is 2.68 bits per heavy atom. The maximum absolute atomic E-state index is 12.6. The number of nitrogens with one attached hydrogen (secondary N) is 2. The van der Waals surface area contributed by atoms with Crippen LogP contribution in [0, 0.1) is 0 Å². The minimum atomic E-state index is -1.06. The number of hydrogen-bond acceptors (Lipinski definition) is 6. The third-order valence-electron chi connectivity index (χ3n) is 3.87. The standard InChI is InChI=1S/C19H21BrN2O6/c1-3-21-15(23)9-8-14(19(26)27-4-2)22-17(24)12-10-11-6-5-7-13(20)16(11)28-18(12)25/h5-7,10,14H,3-4,8-9H2,1-2H3,(H,21,23)(H,22,24)/t14-/m1/s1. The van der Waals surface area contributed by atoms with E-state index >= 15 is 0 Å². The van der Waals surface area contributed by atoms with E-state index in [9.17, 15) is 19.2 Å². The lowest BCUT2D eigenvalue weighted by Crippen LogP contribution is -2.43. The lowest BCUT2D eigenvalue weighted by Gasteiger charge is -2.17. The third-order valence-corrected chi connectivity index (χ3v) is 4.49. The van der Waals surface area contributed by atoms with Gasteiger partial charge in [0.05, 0.1) is 11.1 Å². The largest absolute Gasteiger partial charge is 0.464 e. The van der Waals surface area contributed by atoms with Crippen LogP contribution in [0.15, 0.2) is 37.9 Å². The van der Waals surface area contributed by atoms with Crippen LogP contribution in [0.1, 0.15) is 37.0 Å². The second-order valence-corrected chi connectivity index (χ2v) is 6.73. The number of carbonyl (C=O) groups is 3. The molecule has 9 heteroatoms. The number of carbonyl (C=O) groups excluding carboxylic acids is 3. The average molecular weight is 453 g/mol. The normalized spacial score (nSPS) is 11.7. The molecule has 0 bridgehead atoms. The van der Waals surface area contributed by atoms with Crippen LogP contribution in [0.4, 0.5) is 0 Å². The van der Waals surface area contributed by atoms with Gasteiger partial charge in [-0.15, -0.1) is 0 Å². The first-order valence-corrected chi connectivity index (χ1v) is 9.63. The first kappa shape index (κ1) is 21.6. The number of rotatable bonds is 8. The van der Waals surface area contributed by atoms with Crippen LogP contribution in [0.2, 0.25) is 0 Å². The zero-order chi connectivity index (χ0) is 20.7. The fraction of sp³-hybridized carbons (Fsp3) is 0.368. The van der Waals surface area contributed by atoms with E-state index in [1.165, 1.54) is 6.07 Å². The van der Waals surface area contributed by atoms with Gasteiger partial charge >= 0.3 is 11.6 Å². The fourth-order valence-corrected chi connectivity index (χ4v) is 3.02. The molecule has 150 valence electrons. The first-order chi connectivity index (χ1) is 13.4. The molecular weight excluding hydrogens is 432 g/mol. The van der Waals surface area contributed by atoms with Gasteiger partial charge in [-0.3, -0.25) is 9.59 Å². The van der Waals surface area contributed by atoms with Gasteiger partial charge in [0.25, 0.3) is 5.91 Å². The molecule has 0 aliphatic carbocycles. The van der Waals surface area contributed by atoms with Crippen LogP contribution in [0.3, 0.4) is 0 Å². The highest BCUT2D eigenvalue weighted by Gasteiger charge is 2.25. The van der Waals surface area contributed by atoms with Crippen LogP contribution in [0.25, 0.3) is 11.0 Å². The van der Waals surface area contributed by atoms with Crippen molar-refractivity contribution in [2.24, 2.45) is 0 Å². The number of hydrogen-bond donors (Lipinski definition) is 2. The van der Waals surface area contributed by atoms with Crippen LogP contribution >= 0.6 is 15.9 Å². The number of amides is 2. The molecule has 2 rings (SSSR count). The van der Waals surface area contributed by atoms with Gasteiger partial charge in [0.1, 0.15) is 11.6 Å². The van der Waals surface area contributed by atoms with Crippen molar-refractivity contribution in [3.05, 3.63) is 44.7 Å². The first-order valence-electron chi connectivity index (χ1n) is 8.83. The zero-order valence-corrected chi connectivity index (χ0v) is 17.1. The molecule has 28 heavy (non-hydrogen) atoms. The van der Waals surface area contributed by atoms with Gasteiger partial charge in [-0.25, -0.2) is 9.59 Å². The van der Waals surface area contributed by atoms with Crippen molar-refractivity contribution in [3.63, 3.8) is 0 Å². The molecule has 0 aliphatic heterocycles. The SMILES string of the molecule is CCNC(=O)CC[C@@H](NC(=O)c1cc2cccc(Br)c2oc1=O)C(=O)OCC. The average Bonchev–Trinajstić information content (AvgIpc) is 2.65. The van der Waals surface area contributed by atoms with Gasteiger partial charge in [-0.2, -0.15) is 0 Å². The summed E-state index contributed by atoms with van der Waals surface area (Å²) in [4.78, 5) is 48.6. The topological polar surface area (TPSA) is 115 Å². The maximum Gasteiger partial charge on any atom is 0.349 e. The molecule has 0 unspecified atom stereocenters. The monoisotopic (exact) mass is 452 g/mol. The molecular formula is C19H21BrN2O6. The van der Waals surface area contributed by atoms with E-state index < -0.39 is 23.5 Å². The highest BCUT2D eigenvalue weighted by atomic mass is 79.9. The molecule has 0 radical (unpaired) electrons. The lowest BCUT2D eigenvalue weighted by molar-refractivity contribution is -0.145. The van der Waals surface area contributed by atoms with Crippen molar-refractivity contribution in [2.45, 2.75) is 32.7 Å². The van der Waals surface area contributed by atoms with E-state index in [0.717, 1.165) is 0 Å². The highest BCUT2D eigenvalue weighted by molar-refractivity contribution is 9.10. The van der Waals surface area contributed by atoms with Gasteiger partial charge < -0.3 is 19.8 Å². The Balaban J connectivity index is 2.23. The Morgan fingerprint density at radius 1 is 1.25 bits per heavy atom. The molecule has 2 amide bonds. The molecule has 8 nitrogen and oxygen atoms in total. The van der Waals surface area contributed by atoms with E-state index in [0.29, 0.717) is 22.0 Å². The summed E-state index contributed by atoms with van der Waals surface area (Å²) in [7, 11) is 0. The Hall–Kier alpha value is -2.68. The van der Waals surface area contributed by atoms with Crippen LogP contribution in [0.5, 0.6) is 0 Å². The molecule has 1 atom stereocenters. The van der Waals surface area contributed by atoms with E-state index in [1.54, 1.807) is 32.0 Å². The van der Waals surface area contributed by atoms with Gasteiger partial charge in [0.2, 0.25) is 5.91 Å². The Labute approximate surface area is 169 Å². The van der Waals surface area contributed by atoms with Crippen LogP contribution in [-0.4, -0.2) is 37.0 Å².